The first-order chi connectivity index (χ1) is 20.3. The average molecular weight is 582 g/mol. The summed E-state index contributed by atoms with van der Waals surface area (Å²) in [6, 6.07) is 7.59. The van der Waals surface area contributed by atoms with Crippen molar-refractivity contribution in [3.8, 4) is 5.75 Å². The maximum atomic E-state index is 12.5. The Kier molecular flexibility index (Phi) is 7.92. The lowest BCUT2D eigenvalue weighted by Gasteiger charge is -2.15. The molecule has 0 unspecified atom stereocenters. The summed E-state index contributed by atoms with van der Waals surface area (Å²) in [5.74, 6) is -0.251. The first-order valence-corrected chi connectivity index (χ1v) is 14.0. The van der Waals surface area contributed by atoms with E-state index in [9.17, 15) is 18.0 Å². The van der Waals surface area contributed by atoms with Gasteiger partial charge in [-0.05, 0) is 73.8 Å². The number of ether oxygens (including phenoxy) is 2. The second-order valence-electron chi connectivity index (χ2n) is 10.5. The number of aryl methyl sites for hydroxylation is 2. The number of aromatic amines is 1. The van der Waals surface area contributed by atoms with Crippen molar-refractivity contribution in [2.24, 2.45) is 0 Å². The highest BCUT2D eigenvalue weighted by molar-refractivity contribution is 5.93. The zero-order valence-electron chi connectivity index (χ0n) is 22.8. The molecule has 1 fully saturated rings. The summed E-state index contributed by atoms with van der Waals surface area (Å²) in [6.45, 7) is 1.95. The fraction of sp³-hybridized carbons (Fsp3) is 0.414. The van der Waals surface area contributed by atoms with Crippen LogP contribution in [0, 0.1) is 0 Å². The lowest BCUT2D eigenvalue weighted by molar-refractivity contribution is -0.274. The number of hydrogen-bond donors (Lipinski definition) is 2. The van der Waals surface area contributed by atoms with E-state index in [4.69, 9.17) is 4.74 Å². The smallest absolute Gasteiger partial charge is 0.406 e. The van der Waals surface area contributed by atoms with Crippen molar-refractivity contribution in [3.63, 3.8) is 0 Å². The van der Waals surface area contributed by atoms with Crippen LogP contribution >= 0.6 is 0 Å². The summed E-state index contributed by atoms with van der Waals surface area (Å²) >= 11 is 0. The average Bonchev–Trinajstić information content (AvgIpc) is 3.59. The summed E-state index contributed by atoms with van der Waals surface area (Å²) < 4.78 is 48.4. The van der Waals surface area contributed by atoms with Crippen LogP contribution in [0.3, 0.4) is 0 Å². The Bertz CT molecular complexity index is 1610. The van der Waals surface area contributed by atoms with Gasteiger partial charge in [0.2, 0.25) is 0 Å². The van der Waals surface area contributed by atoms with E-state index in [1.807, 2.05) is 0 Å². The first-order valence-electron chi connectivity index (χ1n) is 14.0. The lowest BCUT2D eigenvalue weighted by atomic mass is 9.97. The van der Waals surface area contributed by atoms with Gasteiger partial charge < -0.3 is 19.8 Å². The Morgan fingerprint density at radius 2 is 2.05 bits per heavy atom. The number of carbonyl (C=O) groups excluding carboxylic acids is 1. The van der Waals surface area contributed by atoms with Crippen LogP contribution in [-0.4, -0.2) is 55.7 Å². The molecule has 0 atom stereocenters. The molecule has 0 bridgehead atoms. The molecule has 4 aromatic rings. The molecule has 13 heteroatoms. The molecule has 2 aliphatic rings. The van der Waals surface area contributed by atoms with Gasteiger partial charge in [-0.1, -0.05) is 23.4 Å². The summed E-state index contributed by atoms with van der Waals surface area (Å²) in [5.41, 5.74) is 6.23. The van der Waals surface area contributed by atoms with Crippen LogP contribution in [0.5, 0.6) is 5.75 Å². The highest BCUT2D eigenvalue weighted by Gasteiger charge is 2.32. The quantitative estimate of drug-likeness (QED) is 0.237. The van der Waals surface area contributed by atoms with Crippen molar-refractivity contribution in [2.45, 2.75) is 63.9 Å². The van der Waals surface area contributed by atoms with E-state index in [0.717, 1.165) is 49.0 Å². The number of benzene rings is 1. The summed E-state index contributed by atoms with van der Waals surface area (Å²) in [5, 5.41) is 20.7. The molecule has 42 heavy (non-hydrogen) atoms. The molecule has 0 saturated heterocycles. The minimum atomic E-state index is -4.78. The van der Waals surface area contributed by atoms with E-state index in [2.05, 4.69) is 47.7 Å². The molecule has 1 aromatic carbocycles. The van der Waals surface area contributed by atoms with Gasteiger partial charge in [-0.3, -0.25) is 9.48 Å². The number of hydrogen-bond acceptors (Lipinski definition) is 7. The third-order valence-corrected chi connectivity index (χ3v) is 7.33. The van der Waals surface area contributed by atoms with Crippen molar-refractivity contribution in [3.05, 3.63) is 70.8 Å². The molecule has 0 radical (unpaired) electrons. The Hall–Kier alpha value is -4.26. The second-order valence-corrected chi connectivity index (χ2v) is 10.5. The fourth-order valence-electron chi connectivity index (χ4n) is 5.17. The van der Waals surface area contributed by atoms with E-state index in [-0.39, 0.29) is 18.0 Å². The van der Waals surface area contributed by atoms with Crippen LogP contribution in [0.4, 0.5) is 13.2 Å². The Morgan fingerprint density at radius 3 is 2.83 bits per heavy atom. The largest absolute Gasteiger partial charge is 0.573 e. The molecular weight excluding hydrogens is 551 g/mol. The predicted molar refractivity (Wildman–Crippen MR) is 147 cm³/mol. The number of rotatable bonds is 11. The van der Waals surface area contributed by atoms with Crippen LogP contribution in [0.2, 0.25) is 0 Å². The van der Waals surface area contributed by atoms with E-state index < -0.39 is 12.3 Å². The molecule has 220 valence electrons. The maximum absolute atomic E-state index is 12.5. The SMILES string of the molecule is O=C(NCc1cccc(OC(F)(F)F)c1)c1cn(CCCCc2cc3c(C4=CCOCC4)c(C4CC4)[nH]c3nn2)nn1. The van der Waals surface area contributed by atoms with E-state index in [0.29, 0.717) is 24.6 Å². The number of nitrogens with zero attached hydrogens (tertiary/aromatic N) is 5. The molecule has 2 N–H and O–H groups in total. The van der Waals surface area contributed by atoms with Crippen LogP contribution in [0.15, 0.2) is 42.6 Å². The Labute approximate surface area is 239 Å². The lowest BCUT2D eigenvalue weighted by Crippen LogP contribution is -2.23. The maximum Gasteiger partial charge on any atom is 0.573 e. The highest BCUT2D eigenvalue weighted by atomic mass is 19.4. The topological polar surface area (TPSA) is 120 Å². The van der Waals surface area contributed by atoms with Gasteiger partial charge in [0, 0.05) is 29.7 Å². The molecule has 10 nitrogen and oxygen atoms in total. The van der Waals surface area contributed by atoms with E-state index in [1.165, 1.54) is 47.9 Å². The van der Waals surface area contributed by atoms with Gasteiger partial charge in [-0.25, -0.2) is 0 Å². The number of halogens is 3. The molecule has 1 saturated carbocycles. The van der Waals surface area contributed by atoms with Gasteiger partial charge in [0.05, 0.1) is 25.1 Å². The van der Waals surface area contributed by atoms with Crippen LogP contribution in [0.1, 0.15) is 71.0 Å². The van der Waals surface area contributed by atoms with Crippen molar-refractivity contribution in [1.29, 1.82) is 0 Å². The van der Waals surface area contributed by atoms with Gasteiger partial charge in [0.25, 0.3) is 5.91 Å². The van der Waals surface area contributed by atoms with Gasteiger partial charge >= 0.3 is 6.36 Å². The molecule has 0 spiro atoms. The number of carbonyl (C=O) groups is 1. The summed E-state index contributed by atoms with van der Waals surface area (Å²) in [4.78, 5) is 16.0. The third-order valence-electron chi connectivity index (χ3n) is 7.33. The molecule has 1 aliphatic heterocycles. The molecular formula is C29H30F3N7O3. The molecule has 1 amide bonds. The monoisotopic (exact) mass is 581 g/mol. The number of alkyl halides is 3. The zero-order chi connectivity index (χ0) is 29.1. The number of amides is 1. The third kappa shape index (κ3) is 6.78. The van der Waals surface area contributed by atoms with Gasteiger partial charge in [0.1, 0.15) is 5.75 Å². The standard InChI is InChI=1S/C29H30F3N7O3/c30-29(31,32)42-22-6-3-4-18(14-22)16-33-28(40)24-17-39(38-36-24)11-2-1-5-21-15-23-25(19-9-12-41-13-10-19)26(20-7-8-20)34-27(23)37-35-21/h3-4,6,9,14-15,17,20H,1-2,5,7-8,10-13,16H2,(H,33,40)(H,34,37). The Balaban J connectivity index is 1.01. The van der Waals surface area contributed by atoms with Gasteiger partial charge in [-0.2, -0.15) is 5.10 Å². The Morgan fingerprint density at radius 1 is 1.17 bits per heavy atom. The number of unbranched alkanes of at least 4 members (excludes halogenated alkanes) is 1. The fourth-order valence-corrected chi connectivity index (χ4v) is 5.17. The number of fused-ring (bicyclic) bond motifs is 1. The number of aromatic nitrogens is 6. The minimum Gasteiger partial charge on any atom is -0.406 e. The van der Waals surface area contributed by atoms with Crippen LogP contribution < -0.4 is 10.1 Å². The zero-order valence-corrected chi connectivity index (χ0v) is 22.8. The summed E-state index contributed by atoms with van der Waals surface area (Å²) in [6.07, 6.45) is 4.65. The van der Waals surface area contributed by atoms with Gasteiger partial charge in [-0.15, -0.1) is 23.4 Å². The first kappa shape index (κ1) is 27.9. The van der Waals surface area contributed by atoms with Crippen LogP contribution in [0.25, 0.3) is 16.6 Å². The minimum absolute atomic E-state index is 0.0161. The summed E-state index contributed by atoms with van der Waals surface area (Å²) in [7, 11) is 0. The van der Waals surface area contributed by atoms with Crippen LogP contribution in [-0.2, 0) is 24.2 Å². The van der Waals surface area contributed by atoms with Crippen molar-refractivity contribution >= 4 is 22.5 Å². The van der Waals surface area contributed by atoms with E-state index >= 15 is 0 Å². The second kappa shape index (κ2) is 11.9. The molecule has 3 aromatic heterocycles. The van der Waals surface area contributed by atoms with Crippen molar-refractivity contribution < 1.29 is 27.4 Å². The number of nitrogens with one attached hydrogen (secondary N) is 2. The molecule has 1 aliphatic carbocycles. The molecule has 6 rings (SSSR count). The van der Waals surface area contributed by atoms with Gasteiger partial charge in [0.15, 0.2) is 11.3 Å². The normalized spacial score (nSPS) is 15.5. The predicted octanol–water partition coefficient (Wildman–Crippen LogP) is 5.08. The van der Waals surface area contributed by atoms with Crippen molar-refractivity contribution in [2.75, 3.05) is 13.2 Å². The number of H-pyrrole nitrogens is 1. The van der Waals surface area contributed by atoms with E-state index in [1.54, 1.807) is 16.9 Å². The van der Waals surface area contributed by atoms with Crippen molar-refractivity contribution in [1.82, 2.24) is 35.5 Å². The highest BCUT2D eigenvalue weighted by Crippen LogP contribution is 2.45. The molecule has 4 heterocycles.